The summed E-state index contributed by atoms with van der Waals surface area (Å²) in [5.74, 6) is -1.86. The molecule has 0 aliphatic rings. The van der Waals surface area contributed by atoms with Crippen LogP contribution in [0.15, 0.2) is 60.8 Å². The molecular formula is C43H73NO7. The zero-order valence-electron chi connectivity index (χ0n) is 33.0. The van der Waals surface area contributed by atoms with Gasteiger partial charge in [-0.1, -0.05) is 120 Å². The van der Waals surface area contributed by atoms with Gasteiger partial charge >= 0.3 is 11.9 Å². The van der Waals surface area contributed by atoms with Crippen LogP contribution in [-0.4, -0.2) is 75.5 Å². The molecular weight excluding hydrogens is 642 g/mol. The molecule has 0 spiro atoms. The van der Waals surface area contributed by atoms with Gasteiger partial charge in [0.2, 0.25) is 0 Å². The molecule has 2 atom stereocenters. The van der Waals surface area contributed by atoms with Gasteiger partial charge in [0, 0.05) is 19.3 Å². The first kappa shape index (κ1) is 48.0. The summed E-state index contributed by atoms with van der Waals surface area (Å²) in [6.45, 7) is 4.43. The van der Waals surface area contributed by atoms with E-state index in [2.05, 4.69) is 68.5 Å². The zero-order chi connectivity index (χ0) is 37.8. The number of allylic oxidation sites excluding steroid dienone is 10. The Bertz CT molecular complexity index is 1020. The molecule has 51 heavy (non-hydrogen) atoms. The summed E-state index contributed by atoms with van der Waals surface area (Å²) in [7, 11) is 5.37. The second-order valence-electron chi connectivity index (χ2n) is 14.1. The number of unbranched alkanes of at least 4 members (excludes halogenated alkanes) is 10. The number of aliphatic carboxylic acids is 1. The van der Waals surface area contributed by atoms with Gasteiger partial charge in [0.1, 0.15) is 12.6 Å². The molecule has 8 nitrogen and oxygen atoms in total. The van der Waals surface area contributed by atoms with Crippen LogP contribution < -0.4 is 5.11 Å². The summed E-state index contributed by atoms with van der Waals surface area (Å²) < 4.78 is 17.0. The van der Waals surface area contributed by atoms with E-state index in [1.165, 1.54) is 38.5 Å². The molecule has 0 aromatic carbocycles. The van der Waals surface area contributed by atoms with Gasteiger partial charge in [0.15, 0.2) is 6.10 Å². The average molecular weight is 716 g/mol. The van der Waals surface area contributed by atoms with Gasteiger partial charge in [-0.25, -0.2) is 0 Å². The van der Waals surface area contributed by atoms with E-state index in [1.54, 1.807) is 21.1 Å². The van der Waals surface area contributed by atoms with Crippen LogP contribution in [0.4, 0.5) is 0 Å². The first-order chi connectivity index (χ1) is 24.6. The molecule has 0 aromatic heterocycles. The predicted molar refractivity (Wildman–Crippen MR) is 208 cm³/mol. The summed E-state index contributed by atoms with van der Waals surface area (Å²) in [5, 5.41) is 11.6. The molecule has 0 amide bonds. The minimum absolute atomic E-state index is 0.0118. The molecule has 2 unspecified atom stereocenters. The molecule has 0 N–H and O–H groups in total. The normalized spacial score (nSPS) is 13.7. The number of carbonyl (C=O) groups excluding carboxylic acids is 3. The minimum Gasteiger partial charge on any atom is -0.544 e. The van der Waals surface area contributed by atoms with E-state index in [-0.39, 0.29) is 55.5 Å². The highest BCUT2D eigenvalue weighted by atomic mass is 16.6. The zero-order valence-corrected chi connectivity index (χ0v) is 33.0. The van der Waals surface area contributed by atoms with Crippen LogP contribution in [0.2, 0.25) is 0 Å². The number of quaternary nitrogens is 1. The van der Waals surface area contributed by atoms with E-state index in [4.69, 9.17) is 14.2 Å². The highest BCUT2D eigenvalue weighted by Gasteiger charge is 2.25. The third-order valence-electron chi connectivity index (χ3n) is 8.40. The third-order valence-corrected chi connectivity index (χ3v) is 8.40. The number of likely N-dealkylation sites (N-methyl/N-ethyl adjacent to an activating group) is 1. The van der Waals surface area contributed by atoms with Gasteiger partial charge in [-0.3, -0.25) is 9.59 Å². The van der Waals surface area contributed by atoms with Crippen molar-refractivity contribution in [2.24, 2.45) is 0 Å². The number of carboxylic acid groups (broad SMARTS) is 1. The maximum Gasteiger partial charge on any atom is 0.306 e. The van der Waals surface area contributed by atoms with Crippen molar-refractivity contribution in [2.45, 2.75) is 154 Å². The van der Waals surface area contributed by atoms with E-state index in [1.807, 2.05) is 6.08 Å². The van der Waals surface area contributed by atoms with Gasteiger partial charge in [-0.05, 0) is 64.2 Å². The molecule has 0 heterocycles. The highest BCUT2D eigenvalue weighted by molar-refractivity contribution is 5.70. The predicted octanol–water partition coefficient (Wildman–Crippen LogP) is 8.91. The Morgan fingerprint density at radius 2 is 1.14 bits per heavy atom. The number of hydrogen-bond donors (Lipinski definition) is 0. The summed E-state index contributed by atoms with van der Waals surface area (Å²) in [4.78, 5) is 36.6. The largest absolute Gasteiger partial charge is 0.544 e. The Hall–Kier alpha value is -2.97. The Morgan fingerprint density at radius 3 is 1.71 bits per heavy atom. The standard InChI is InChI=1S/C43H73NO7/c1-6-8-10-12-14-16-18-20-22-24-26-28-30-32-34-42(46)51-39(37-49-36-35-40(43(47)48)44(3,4)5)38-50-41(45)33-31-29-27-25-23-21-19-17-15-13-11-9-7-2/h8,10,14,16,20-23,27,29,39-40H,6-7,9,11-13,15,17-19,24-26,28,30-38H2,1-5H3/b10-8+,16-14+,22-20+,23-21+,29-27+. The molecule has 0 bridgehead atoms. The Kier molecular flexibility index (Phi) is 32.1. The van der Waals surface area contributed by atoms with Gasteiger partial charge < -0.3 is 28.6 Å². The van der Waals surface area contributed by atoms with Crippen molar-refractivity contribution in [3.05, 3.63) is 60.8 Å². The second kappa shape index (κ2) is 34.1. The monoisotopic (exact) mass is 716 g/mol. The molecule has 0 saturated carbocycles. The number of esters is 2. The summed E-state index contributed by atoms with van der Waals surface area (Å²) >= 11 is 0. The smallest absolute Gasteiger partial charge is 0.306 e. The van der Waals surface area contributed by atoms with E-state index >= 15 is 0 Å². The second-order valence-corrected chi connectivity index (χ2v) is 14.1. The number of rotatable bonds is 34. The lowest BCUT2D eigenvalue weighted by molar-refractivity contribution is -0.889. The van der Waals surface area contributed by atoms with Crippen molar-refractivity contribution in [2.75, 3.05) is 41.0 Å². The molecule has 8 heteroatoms. The molecule has 0 aliphatic carbocycles. The van der Waals surface area contributed by atoms with Crippen molar-refractivity contribution in [3.63, 3.8) is 0 Å². The van der Waals surface area contributed by atoms with E-state index in [0.717, 1.165) is 64.2 Å². The van der Waals surface area contributed by atoms with Crippen LogP contribution in [0.1, 0.15) is 142 Å². The molecule has 0 radical (unpaired) electrons. The van der Waals surface area contributed by atoms with Crippen LogP contribution in [0.25, 0.3) is 0 Å². The first-order valence-corrected chi connectivity index (χ1v) is 19.8. The summed E-state index contributed by atoms with van der Waals surface area (Å²) in [6.07, 6.45) is 39.7. The lowest BCUT2D eigenvalue weighted by Gasteiger charge is -2.34. The van der Waals surface area contributed by atoms with Crippen molar-refractivity contribution < 1.29 is 38.2 Å². The maximum atomic E-state index is 12.6. The van der Waals surface area contributed by atoms with Crippen molar-refractivity contribution >= 4 is 17.9 Å². The Labute approximate surface area is 311 Å². The van der Waals surface area contributed by atoms with Gasteiger partial charge in [-0.2, -0.15) is 0 Å². The van der Waals surface area contributed by atoms with Crippen LogP contribution >= 0.6 is 0 Å². The van der Waals surface area contributed by atoms with Crippen molar-refractivity contribution in [1.82, 2.24) is 0 Å². The molecule has 0 saturated heterocycles. The average Bonchev–Trinajstić information content (AvgIpc) is 3.08. The SMILES string of the molecule is CC/C=C/C/C=C/C/C=C/CCCCCCC(=O)OC(COCCC(C(=O)[O-])[N+](C)(C)C)COC(=O)CC/C=C/C/C=C/CCCCCCCC. The Balaban J connectivity index is 4.54. The molecule has 0 rings (SSSR count). The fourth-order valence-electron chi connectivity index (χ4n) is 5.31. The minimum atomic E-state index is -1.14. The number of carbonyl (C=O) groups is 3. The number of ether oxygens (including phenoxy) is 3. The van der Waals surface area contributed by atoms with E-state index in [0.29, 0.717) is 6.42 Å². The molecule has 0 aliphatic heterocycles. The van der Waals surface area contributed by atoms with Crippen LogP contribution in [0, 0.1) is 0 Å². The highest BCUT2D eigenvalue weighted by Crippen LogP contribution is 2.11. The van der Waals surface area contributed by atoms with Gasteiger partial charge in [0.05, 0.1) is 40.3 Å². The van der Waals surface area contributed by atoms with Crippen molar-refractivity contribution in [1.29, 1.82) is 0 Å². The summed E-state index contributed by atoms with van der Waals surface area (Å²) in [5.41, 5.74) is 0. The molecule has 0 aromatic rings. The fourth-order valence-corrected chi connectivity index (χ4v) is 5.31. The van der Waals surface area contributed by atoms with Crippen LogP contribution in [-0.2, 0) is 28.6 Å². The van der Waals surface area contributed by atoms with Gasteiger partial charge in [0.25, 0.3) is 0 Å². The number of nitrogens with zero attached hydrogens (tertiary/aromatic N) is 1. The third kappa shape index (κ3) is 32.7. The summed E-state index contributed by atoms with van der Waals surface area (Å²) in [6, 6.07) is -0.738. The first-order valence-electron chi connectivity index (χ1n) is 19.8. The van der Waals surface area contributed by atoms with E-state index in [9.17, 15) is 19.5 Å². The topological polar surface area (TPSA) is 102 Å². The molecule has 0 fully saturated rings. The maximum absolute atomic E-state index is 12.6. The lowest BCUT2D eigenvalue weighted by Crippen LogP contribution is -2.55. The van der Waals surface area contributed by atoms with E-state index < -0.39 is 18.1 Å². The van der Waals surface area contributed by atoms with Gasteiger partial charge in [-0.15, -0.1) is 0 Å². The fraction of sp³-hybridized carbons (Fsp3) is 0.698. The van der Waals surface area contributed by atoms with Crippen LogP contribution in [0.3, 0.4) is 0 Å². The number of carboxylic acids is 1. The van der Waals surface area contributed by atoms with Crippen LogP contribution in [0.5, 0.6) is 0 Å². The quantitative estimate of drug-likeness (QED) is 0.0284. The van der Waals surface area contributed by atoms with Crippen molar-refractivity contribution in [3.8, 4) is 0 Å². The number of hydrogen-bond acceptors (Lipinski definition) is 7. The molecule has 292 valence electrons. The lowest BCUT2D eigenvalue weighted by atomic mass is 10.1. The Morgan fingerprint density at radius 1 is 0.608 bits per heavy atom.